The Morgan fingerprint density at radius 2 is 1.97 bits per heavy atom. The largest absolute Gasteiger partial charge is 0.445 e. The van der Waals surface area contributed by atoms with Crippen molar-refractivity contribution in [3.05, 3.63) is 42.0 Å². The molecule has 2 amide bonds. The highest BCUT2D eigenvalue weighted by Gasteiger charge is 2.68. The Labute approximate surface area is 213 Å². The zero-order chi connectivity index (χ0) is 26.2. The highest BCUT2D eigenvalue weighted by Crippen LogP contribution is 2.68. The molecule has 7 heteroatoms. The Morgan fingerprint density at radius 1 is 1.25 bits per heavy atom. The number of nitrogens with two attached hydrogens (primary N) is 1. The van der Waals surface area contributed by atoms with Crippen LogP contribution < -0.4 is 5.73 Å². The summed E-state index contributed by atoms with van der Waals surface area (Å²) in [4.78, 5) is 41.3. The number of benzene rings is 1. The van der Waals surface area contributed by atoms with Crippen LogP contribution in [-0.4, -0.2) is 40.0 Å². The highest BCUT2D eigenvalue weighted by molar-refractivity contribution is 6.06. The first-order chi connectivity index (χ1) is 16.9. The summed E-state index contributed by atoms with van der Waals surface area (Å²) in [6, 6.07) is 5.06. The zero-order valence-corrected chi connectivity index (χ0v) is 21.8. The van der Waals surface area contributed by atoms with Gasteiger partial charge in [-0.3, -0.25) is 9.59 Å². The molecule has 1 aromatic rings. The maximum absolute atomic E-state index is 13.6. The molecule has 7 nitrogen and oxygen atoms in total. The minimum atomic E-state index is -0.733. The van der Waals surface area contributed by atoms with Crippen molar-refractivity contribution in [3.8, 4) is 0 Å². The summed E-state index contributed by atoms with van der Waals surface area (Å²) in [6.07, 6.45) is 2.97. The minimum Gasteiger partial charge on any atom is -0.445 e. The molecule has 1 heterocycles. The van der Waals surface area contributed by atoms with Crippen molar-refractivity contribution in [3.63, 3.8) is 0 Å². The van der Waals surface area contributed by atoms with E-state index < -0.39 is 35.0 Å². The number of hydrogen-bond acceptors (Lipinski definition) is 6. The van der Waals surface area contributed by atoms with Gasteiger partial charge in [-0.05, 0) is 60.6 Å². The third kappa shape index (κ3) is 3.24. The van der Waals surface area contributed by atoms with Gasteiger partial charge in [0.2, 0.25) is 0 Å². The number of Topliss-reactive ketones (excluding diaryl/α,β-unsaturated/α-hetero) is 1. The number of hydrogen-bond donors (Lipinski definition) is 2. The Bertz CT molecular complexity index is 1150. The Kier molecular flexibility index (Phi) is 5.67. The van der Waals surface area contributed by atoms with Crippen LogP contribution in [0.2, 0.25) is 0 Å². The molecule has 2 bridgehead atoms. The molecule has 0 aromatic heterocycles. The number of aliphatic hydroxyl groups excluding tert-OH is 1. The van der Waals surface area contributed by atoms with E-state index in [9.17, 15) is 19.5 Å². The number of imide groups is 1. The summed E-state index contributed by atoms with van der Waals surface area (Å²) in [7, 11) is 0. The molecule has 0 spiro atoms. The van der Waals surface area contributed by atoms with E-state index in [1.807, 2.05) is 6.92 Å². The van der Waals surface area contributed by atoms with Gasteiger partial charge in [0.25, 0.3) is 5.91 Å². The van der Waals surface area contributed by atoms with Crippen molar-refractivity contribution in [2.45, 2.75) is 78.6 Å². The molecule has 0 unspecified atom stereocenters. The number of fused-ring (bicyclic) bond motifs is 1. The average molecular weight is 495 g/mol. The molecule has 1 aliphatic heterocycles. The van der Waals surface area contributed by atoms with E-state index in [0.717, 1.165) is 29.7 Å². The topological polar surface area (TPSA) is 110 Å². The predicted molar refractivity (Wildman–Crippen MR) is 136 cm³/mol. The lowest BCUT2D eigenvalue weighted by Gasteiger charge is -2.61. The molecule has 3 N–H and O–H groups in total. The van der Waals surface area contributed by atoms with E-state index >= 15 is 0 Å². The lowest BCUT2D eigenvalue weighted by molar-refractivity contribution is -0.192. The summed E-state index contributed by atoms with van der Waals surface area (Å²) in [6.45, 7) is 12.4. The fourth-order valence-electron chi connectivity index (χ4n) is 8.15. The van der Waals surface area contributed by atoms with Gasteiger partial charge in [-0.1, -0.05) is 39.8 Å². The molecule has 3 fully saturated rings. The molecule has 0 saturated heterocycles. The van der Waals surface area contributed by atoms with Gasteiger partial charge in [-0.2, -0.15) is 0 Å². The number of anilines is 1. The first-order valence-electron chi connectivity index (χ1n) is 13.1. The minimum absolute atomic E-state index is 0.0967. The lowest BCUT2D eigenvalue weighted by atomic mass is 9.44. The summed E-state index contributed by atoms with van der Waals surface area (Å²) < 4.78 is 6.26. The number of ether oxygens (including phenoxy) is 1. The fraction of sp³-hybridized carbons (Fsp3) is 0.621. The quantitative estimate of drug-likeness (QED) is 0.455. The number of ketones is 1. The van der Waals surface area contributed by atoms with Gasteiger partial charge in [0.05, 0.1) is 12.6 Å². The number of amides is 2. The first kappa shape index (κ1) is 25.0. The summed E-state index contributed by atoms with van der Waals surface area (Å²) >= 11 is 0. The number of carbonyl (C=O) groups is 3. The molecule has 36 heavy (non-hydrogen) atoms. The van der Waals surface area contributed by atoms with E-state index in [0.29, 0.717) is 24.1 Å². The van der Waals surface area contributed by atoms with Gasteiger partial charge in [0.15, 0.2) is 0 Å². The second-order valence-electron chi connectivity index (χ2n) is 12.3. The number of nitrogens with zero attached hydrogens (tertiary/aromatic N) is 1. The zero-order valence-electron chi connectivity index (χ0n) is 21.8. The second-order valence-corrected chi connectivity index (χ2v) is 12.3. The standard InChI is InChI=1S/C29H38N2O5/c1-6-27(4)14-22(36-26(35)31-15-18-7-8-19(30)13-20(18)25(31)34)28(5)16(2)9-11-29(17(3)24(27)33)12-10-21(32)23(28)29/h6-8,13,16-17,22-24,33H,1,9-12,14-15,30H2,2-5H3/t16-,17+,22-,23+,24+,27-,28+,29+/m1/s1. The first-order valence-corrected chi connectivity index (χ1v) is 13.1. The maximum atomic E-state index is 13.6. The maximum Gasteiger partial charge on any atom is 0.417 e. The molecule has 4 aliphatic rings. The second kappa shape index (κ2) is 8.17. The van der Waals surface area contributed by atoms with Crippen LogP contribution in [0.5, 0.6) is 0 Å². The third-order valence-corrected chi connectivity index (χ3v) is 10.7. The molecule has 8 atom stereocenters. The van der Waals surface area contributed by atoms with Crippen LogP contribution in [0.1, 0.15) is 75.7 Å². The van der Waals surface area contributed by atoms with Crippen molar-refractivity contribution in [1.82, 2.24) is 4.90 Å². The van der Waals surface area contributed by atoms with Gasteiger partial charge in [-0.25, -0.2) is 9.69 Å². The van der Waals surface area contributed by atoms with Gasteiger partial charge in [-0.15, -0.1) is 6.58 Å². The number of aliphatic hydroxyl groups is 1. The summed E-state index contributed by atoms with van der Waals surface area (Å²) in [5.74, 6) is -0.511. The van der Waals surface area contributed by atoms with Crippen molar-refractivity contribution >= 4 is 23.5 Å². The highest BCUT2D eigenvalue weighted by atomic mass is 16.6. The third-order valence-electron chi connectivity index (χ3n) is 10.7. The van der Waals surface area contributed by atoms with Gasteiger partial charge in [0, 0.05) is 34.4 Å². The smallest absolute Gasteiger partial charge is 0.417 e. The van der Waals surface area contributed by atoms with Crippen LogP contribution in [-0.2, 0) is 16.1 Å². The molecule has 3 saturated carbocycles. The Hall–Kier alpha value is -2.67. The molecular formula is C29H38N2O5. The lowest BCUT2D eigenvalue weighted by Crippen LogP contribution is -2.63. The van der Waals surface area contributed by atoms with Crippen molar-refractivity contribution in [2.75, 3.05) is 5.73 Å². The monoisotopic (exact) mass is 494 g/mol. The van der Waals surface area contributed by atoms with Crippen LogP contribution in [0.3, 0.4) is 0 Å². The number of nitrogen functional groups attached to an aromatic ring is 1. The van der Waals surface area contributed by atoms with E-state index in [1.165, 1.54) is 0 Å². The van der Waals surface area contributed by atoms with Crippen LogP contribution in [0, 0.1) is 34.0 Å². The molecule has 5 rings (SSSR count). The Morgan fingerprint density at radius 3 is 2.67 bits per heavy atom. The average Bonchev–Trinajstić information content (AvgIpc) is 3.37. The summed E-state index contributed by atoms with van der Waals surface area (Å²) in [5, 5.41) is 11.6. The van der Waals surface area contributed by atoms with Gasteiger partial charge >= 0.3 is 6.09 Å². The van der Waals surface area contributed by atoms with Crippen LogP contribution in [0.25, 0.3) is 0 Å². The molecule has 0 radical (unpaired) electrons. The van der Waals surface area contributed by atoms with Crippen molar-refractivity contribution in [1.29, 1.82) is 0 Å². The van der Waals surface area contributed by atoms with E-state index in [-0.39, 0.29) is 35.5 Å². The van der Waals surface area contributed by atoms with Crippen molar-refractivity contribution < 1.29 is 24.2 Å². The molecule has 194 valence electrons. The van der Waals surface area contributed by atoms with Crippen LogP contribution in [0.4, 0.5) is 10.5 Å². The molecule has 1 aromatic carbocycles. The fourth-order valence-corrected chi connectivity index (χ4v) is 8.15. The van der Waals surface area contributed by atoms with E-state index in [1.54, 1.807) is 24.3 Å². The predicted octanol–water partition coefficient (Wildman–Crippen LogP) is 4.72. The van der Waals surface area contributed by atoms with Gasteiger partial charge in [0.1, 0.15) is 11.9 Å². The van der Waals surface area contributed by atoms with E-state index in [2.05, 4.69) is 27.4 Å². The van der Waals surface area contributed by atoms with E-state index in [4.69, 9.17) is 10.5 Å². The van der Waals surface area contributed by atoms with Gasteiger partial charge < -0.3 is 15.6 Å². The molecule has 3 aliphatic carbocycles. The molecular weight excluding hydrogens is 456 g/mol. The summed E-state index contributed by atoms with van der Waals surface area (Å²) in [5.41, 5.74) is 5.77. The van der Waals surface area contributed by atoms with Crippen LogP contribution >= 0.6 is 0 Å². The SMILES string of the molecule is C=C[C@]1(C)C[C@@H](OC(=O)N2Cc3ccc(N)cc3C2=O)[C@]2(C)[C@H](C)CC[C@]3(CCC(=O)[C@H]32)[C@@H](C)[C@@H]1O. The van der Waals surface area contributed by atoms with Crippen molar-refractivity contribution in [2.24, 2.45) is 34.0 Å². The number of carbonyl (C=O) groups excluding carboxylic acids is 3. The number of rotatable bonds is 2. The van der Waals surface area contributed by atoms with Crippen LogP contribution in [0.15, 0.2) is 30.9 Å². The normalized spacial score (nSPS) is 41.8. The Balaban J connectivity index is 1.55.